The van der Waals surface area contributed by atoms with Gasteiger partial charge in [-0.15, -0.1) is 0 Å². The molecule has 0 spiro atoms. The molecule has 5 rings (SSSR count). The minimum absolute atomic E-state index is 0.0720. The summed E-state index contributed by atoms with van der Waals surface area (Å²) in [4.78, 5) is 27.9. The van der Waals surface area contributed by atoms with Gasteiger partial charge < -0.3 is 14.6 Å². The summed E-state index contributed by atoms with van der Waals surface area (Å²) in [5.41, 5.74) is 2.53. The van der Waals surface area contributed by atoms with E-state index in [0.29, 0.717) is 15.8 Å². The maximum atomic E-state index is 13.2. The molecule has 174 valence electrons. The number of rotatable bonds is 6. The van der Waals surface area contributed by atoms with Crippen LogP contribution in [-0.4, -0.2) is 40.0 Å². The number of hydrogen-bond acceptors (Lipinski definition) is 5. The molecule has 0 bridgehead atoms. The lowest BCUT2D eigenvalue weighted by molar-refractivity contribution is -0.122. The van der Waals surface area contributed by atoms with E-state index in [-0.39, 0.29) is 24.5 Å². The summed E-state index contributed by atoms with van der Waals surface area (Å²) in [5, 5.41) is 3.93. The molecule has 2 fully saturated rings. The maximum absolute atomic E-state index is 13.2. The first-order chi connectivity index (χ1) is 16.5. The van der Waals surface area contributed by atoms with Crippen LogP contribution in [-0.2, 0) is 20.9 Å². The Bertz CT molecular complexity index is 1300. The summed E-state index contributed by atoms with van der Waals surface area (Å²) >= 11 is 10.3. The minimum Gasteiger partial charge on any atom is -0.376 e. The molecule has 2 saturated heterocycles. The van der Waals surface area contributed by atoms with E-state index in [1.54, 1.807) is 4.90 Å². The van der Waals surface area contributed by atoms with Gasteiger partial charge in [0, 0.05) is 40.3 Å². The molecule has 2 aliphatic rings. The highest BCUT2D eigenvalue weighted by molar-refractivity contribution is 9.10. The van der Waals surface area contributed by atoms with Crippen LogP contribution < -0.4 is 10.2 Å². The topological polar surface area (TPSA) is 63.6 Å². The van der Waals surface area contributed by atoms with Gasteiger partial charge in [-0.1, -0.05) is 58.1 Å². The third-order valence-electron chi connectivity index (χ3n) is 5.83. The number of carbonyl (C=O) groups excluding carboxylic acids is 2. The minimum atomic E-state index is -0.147. The number of anilines is 1. The highest BCUT2D eigenvalue weighted by Crippen LogP contribution is 2.37. The normalized spacial score (nSPS) is 19.5. The number of amides is 2. The Kier molecular flexibility index (Phi) is 6.87. The van der Waals surface area contributed by atoms with Crippen LogP contribution in [0.2, 0.25) is 0 Å². The molecule has 0 aliphatic carbocycles. The third-order valence-corrected chi connectivity index (χ3v) is 7.63. The van der Waals surface area contributed by atoms with Gasteiger partial charge in [0.15, 0.2) is 4.32 Å². The molecule has 0 radical (unpaired) electrons. The number of carbonyl (C=O) groups is 2. The largest absolute Gasteiger partial charge is 0.376 e. The Morgan fingerprint density at radius 3 is 2.85 bits per heavy atom. The van der Waals surface area contributed by atoms with Crippen LogP contribution in [0.4, 0.5) is 5.69 Å². The van der Waals surface area contributed by atoms with Crippen LogP contribution >= 0.6 is 39.9 Å². The van der Waals surface area contributed by atoms with E-state index in [0.717, 1.165) is 46.1 Å². The van der Waals surface area contributed by atoms with E-state index >= 15 is 0 Å². The van der Waals surface area contributed by atoms with E-state index in [4.69, 9.17) is 17.0 Å². The smallest absolute Gasteiger partial charge is 0.270 e. The van der Waals surface area contributed by atoms with Gasteiger partial charge >= 0.3 is 0 Å². The predicted molar refractivity (Wildman–Crippen MR) is 144 cm³/mol. The molecule has 9 heteroatoms. The zero-order chi connectivity index (χ0) is 23.7. The van der Waals surface area contributed by atoms with Crippen molar-refractivity contribution in [2.75, 3.05) is 18.1 Å². The Morgan fingerprint density at radius 1 is 1.26 bits per heavy atom. The maximum Gasteiger partial charge on any atom is 0.270 e. The first-order valence-electron chi connectivity index (χ1n) is 11.0. The second kappa shape index (κ2) is 10.0. The summed E-state index contributed by atoms with van der Waals surface area (Å²) in [6, 6.07) is 15.3. The zero-order valence-corrected chi connectivity index (χ0v) is 21.4. The van der Waals surface area contributed by atoms with Crippen molar-refractivity contribution in [2.24, 2.45) is 0 Å². The van der Waals surface area contributed by atoms with Crippen LogP contribution in [0.1, 0.15) is 18.4 Å². The summed E-state index contributed by atoms with van der Waals surface area (Å²) < 4.78 is 8.93. The number of ether oxygens (including phenoxy) is 1. The third kappa shape index (κ3) is 4.84. The molecule has 1 atom stereocenters. The van der Waals surface area contributed by atoms with Gasteiger partial charge in [-0.25, -0.2) is 0 Å². The van der Waals surface area contributed by atoms with Gasteiger partial charge in [-0.2, -0.15) is 0 Å². The number of hydrogen-bond donors (Lipinski definition) is 1. The fraction of sp³-hybridized carbons (Fsp3) is 0.240. The van der Waals surface area contributed by atoms with E-state index in [2.05, 4.69) is 21.2 Å². The Labute approximate surface area is 215 Å². The highest BCUT2D eigenvalue weighted by atomic mass is 79.9. The fourth-order valence-corrected chi connectivity index (χ4v) is 5.85. The second-order valence-electron chi connectivity index (χ2n) is 8.17. The molecule has 3 heterocycles. The van der Waals surface area contributed by atoms with Gasteiger partial charge in [-0.05, 0) is 49.2 Å². The van der Waals surface area contributed by atoms with Gasteiger partial charge in [-0.3, -0.25) is 14.5 Å². The number of nitrogens with one attached hydrogen (secondary N) is 1. The summed E-state index contributed by atoms with van der Waals surface area (Å²) in [6.45, 7) is 1.47. The first-order valence-corrected chi connectivity index (χ1v) is 13.0. The lowest BCUT2D eigenvalue weighted by Crippen LogP contribution is -2.34. The lowest BCUT2D eigenvalue weighted by Gasteiger charge is -2.13. The molecule has 1 N–H and O–H groups in total. The van der Waals surface area contributed by atoms with Crippen molar-refractivity contribution < 1.29 is 14.3 Å². The Balaban J connectivity index is 1.41. The molecule has 3 aromatic rings. The quantitative estimate of drug-likeness (QED) is 0.338. The van der Waals surface area contributed by atoms with Gasteiger partial charge in [0.2, 0.25) is 5.91 Å². The number of para-hydroxylation sites is 1. The molecule has 0 saturated carbocycles. The van der Waals surface area contributed by atoms with Crippen molar-refractivity contribution in [2.45, 2.75) is 25.5 Å². The number of thiocarbonyl (C=S) groups is 1. The van der Waals surface area contributed by atoms with Crippen LogP contribution in [0.15, 0.2) is 64.1 Å². The molecule has 2 aromatic carbocycles. The van der Waals surface area contributed by atoms with Crippen LogP contribution in [0.5, 0.6) is 0 Å². The zero-order valence-electron chi connectivity index (χ0n) is 18.2. The van der Waals surface area contributed by atoms with Crippen LogP contribution in [0, 0.1) is 0 Å². The highest BCUT2D eigenvalue weighted by Gasteiger charge is 2.33. The van der Waals surface area contributed by atoms with E-state index in [1.165, 1.54) is 11.8 Å². The predicted octanol–water partition coefficient (Wildman–Crippen LogP) is 5.10. The van der Waals surface area contributed by atoms with Gasteiger partial charge in [0.25, 0.3) is 5.91 Å². The molecular formula is C25H22BrN3O3S2. The SMILES string of the molecule is O=C(Cn1cc(/C=C2\SC(=S)N(c3ccccc3)C2=O)c2cc(Br)ccc21)NC[C@H]1CCCO1. The Hall–Kier alpha value is -2.46. The number of nitrogens with zero attached hydrogens (tertiary/aromatic N) is 2. The molecule has 1 aromatic heterocycles. The monoisotopic (exact) mass is 555 g/mol. The molecular weight excluding hydrogens is 534 g/mol. The van der Waals surface area contributed by atoms with Gasteiger partial charge in [0.1, 0.15) is 6.54 Å². The molecule has 2 amide bonds. The lowest BCUT2D eigenvalue weighted by atomic mass is 10.1. The fourth-order valence-electron chi connectivity index (χ4n) is 4.19. The van der Waals surface area contributed by atoms with Crippen LogP contribution in [0.3, 0.4) is 0 Å². The van der Waals surface area contributed by atoms with Crippen molar-refractivity contribution in [1.29, 1.82) is 0 Å². The number of thioether (sulfide) groups is 1. The molecule has 6 nitrogen and oxygen atoms in total. The first kappa shape index (κ1) is 23.3. The summed E-state index contributed by atoms with van der Waals surface area (Å²) in [6.07, 6.45) is 5.89. The van der Waals surface area contributed by atoms with Crippen molar-refractivity contribution in [1.82, 2.24) is 9.88 Å². The number of fused-ring (bicyclic) bond motifs is 1. The van der Waals surface area contributed by atoms with Crippen molar-refractivity contribution in [3.05, 3.63) is 69.7 Å². The van der Waals surface area contributed by atoms with E-state index in [1.807, 2.05) is 65.4 Å². The Morgan fingerprint density at radius 2 is 2.09 bits per heavy atom. The number of benzene rings is 2. The molecule has 0 unspecified atom stereocenters. The van der Waals surface area contributed by atoms with E-state index in [9.17, 15) is 9.59 Å². The average Bonchev–Trinajstić information content (AvgIpc) is 3.53. The number of aromatic nitrogens is 1. The van der Waals surface area contributed by atoms with Crippen molar-refractivity contribution in [3.63, 3.8) is 0 Å². The molecule has 34 heavy (non-hydrogen) atoms. The second-order valence-corrected chi connectivity index (χ2v) is 10.8. The average molecular weight is 557 g/mol. The van der Waals surface area contributed by atoms with Crippen LogP contribution in [0.25, 0.3) is 17.0 Å². The van der Waals surface area contributed by atoms with Gasteiger partial charge in [0.05, 0.1) is 16.7 Å². The van der Waals surface area contributed by atoms with Crippen molar-refractivity contribution >= 4 is 78.7 Å². The number of halogens is 1. The standard InChI is InChI=1S/C25H22BrN3O3S2/c26-17-8-9-21-20(12-17)16(14-28(21)15-23(30)27-13-19-7-4-10-32-19)11-22-24(31)29(25(33)34-22)18-5-2-1-3-6-18/h1-3,5-6,8-9,11-12,14,19H,4,7,10,13,15H2,(H,27,30)/b22-11-/t19-/m1/s1. The molecule has 2 aliphatic heterocycles. The van der Waals surface area contributed by atoms with E-state index < -0.39 is 0 Å². The van der Waals surface area contributed by atoms with Crippen molar-refractivity contribution in [3.8, 4) is 0 Å². The summed E-state index contributed by atoms with van der Waals surface area (Å²) in [5.74, 6) is -0.219. The summed E-state index contributed by atoms with van der Waals surface area (Å²) in [7, 11) is 0.